The monoisotopic (exact) mass is 675 g/mol. The Hall–Kier alpha value is -6.90. The molecule has 2 heteroatoms. The lowest BCUT2D eigenvalue weighted by molar-refractivity contribution is 0.669. The number of rotatable bonds is 6. The third kappa shape index (κ3) is 5.21. The number of benzene rings is 9. The average molecular weight is 676 g/mol. The first kappa shape index (κ1) is 20.1. The second kappa shape index (κ2) is 12.5. The molecular formula is C50H33NO. The van der Waals surface area contributed by atoms with E-state index < -0.39 is 89.6 Å². The largest absolute Gasteiger partial charge is 0.456 e. The zero-order valence-corrected chi connectivity index (χ0v) is 27.5. The molecule has 0 spiro atoms. The second-order valence-electron chi connectivity index (χ2n) is 12.4. The highest BCUT2D eigenvalue weighted by Crippen LogP contribution is 2.41. The van der Waals surface area contributed by atoms with Gasteiger partial charge in [-0.1, -0.05) is 145 Å². The number of hydrogen-bond acceptors (Lipinski definition) is 2. The lowest BCUT2D eigenvalue weighted by Crippen LogP contribution is -2.10. The number of nitrogens with zero attached hydrogens (tertiary/aromatic N) is 1. The molecule has 0 aliphatic heterocycles. The van der Waals surface area contributed by atoms with Gasteiger partial charge in [-0.25, -0.2) is 0 Å². The van der Waals surface area contributed by atoms with Gasteiger partial charge in [0.15, 0.2) is 0 Å². The van der Waals surface area contributed by atoms with E-state index in [1.54, 1.807) is 72.8 Å². The first-order chi connectivity index (χ1) is 30.8. The van der Waals surface area contributed by atoms with Crippen molar-refractivity contribution in [3.05, 3.63) is 200 Å². The van der Waals surface area contributed by atoms with E-state index in [1.165, 1.54) is 0 Å². The highest BCUT2D eigenvalue weighted by atomic mass is 16.3. The molecule has 0 fully saturated rings. The van der Waals surface area contributed by atoms with E-state index in [4.69, 9.17) is 4.42 Å². The van der Waals surface area contributed by atoms with Crippen molar-refractivity contribution < 1.29 is 20.9 Å². The molecular weight excluding hydrogens is 631 g/mol. The van der Waals surface area contributed by atoms with Gasteiger partial charge in [0.05, 0.1) is 16.4 Å². The van der Waals surface area contributed by atoms with E-state index in [1.807, 2.05) is 54.6 Å². The summed E-state index contributed by atoms with van der Waals surface area (Å²) in [5.74, 6) is 0. The Balaban J connectivity index is 1.32. The van der Waals surface area contributed by atoms with Crippen LogP contribution in [0.2, 0.25) is 0 Å². The minimum Gasteiger partial charge on any atom is -0.456 e. The van der Waals surface area contributed by atoms with Crippen molar-refractivity contribution in [1.82, 2.24) is 0 Å². The van der Waals surface area contributed by atoms with Gasteiger partial charge in [0.2, 0.25) is 0 Å². The van der Waals surface area contributed by atoms with E-state index in [-0.39, 0.29) is 16.7 Å². The summed E-state index contributed by atoms with van der Waals surface area (Å²) in [5, 5.41) is 4.31. The normalized spacial score (nSPS) is 14.7. The predicted molar refractivity (Wildman–Crippen MR) is 220 cm³/mol. The molecule has 10 aromatic rings. The molecule has 1 aromatic heterocycles. The molecule has 0 radical (unpaired) electrons. The fourth-order valence-electron chi connectivity index (χ4n) is 6.80. The maximum absolute atomic E-state index is 9.92. The Morgan fingerprint density at radius 3 is 1.87 bits per heavy atom. The highest BCUT2D eigenvalue weighted by molar-refractivity contribution is 6.12. The summed E-state index contributed by atoms with van der Waals surface area (Å²) in [7, 11) is 0. The van der Waals surface area contributed by atoms with E-state index in [0.717, 1.165) is 21.1 Å². The molecule has 0 unspecified atom stereocenters. The van der Waals surface area contributed by atoms with Crippen molar-refractivity contribution >= 4 is 60.5 Å². The Bertz CT molecular complexity index is 3560. The van der Waals surface area contributed by atoms with E-state index in [2.05, 4.69) is 0 Å². The molecule has 0 N–H and O–H groups in total. The van der Waals surface area contributed by atoms with Gasteiger partial charge in [0.25, 0.3) is 0 Å². The fourth-order valence-corrected chi connectivity index (χ4v) is 6.80. The smallest absolute Gasteiger partial charge is 0.136 e. The van der Waals surface area contributed by atoms with Gasteiger partial charge in [-0.05, 0) is 109 Å². The Labute approximate surface area is 319 Å². The summed E-state index contributed by atoms with van der Waals surface area (Å²) >= 11 is 0. The fraction of sp³-hybridized carbons (Fsp3) is 0. The molecule has 244 valence electrons. The minimum atomic E-state index is -0.742. The molecule has 9 aromatic carbocycles. The summed E-state index contributed by atoms with van der Waals surface area (Å²) in [5.41, 5.74) is 0.124. The van der Waals surface area contributed by atoms with Gasteiger partial charge in [-0.3, -0.25) is 0 Å². The maximum Gasteiger partial charge on any atom is 0.136 e. The molecule has 0 amide bonds. The number of furan rings is 1. The predicted octanol–water partition coefficient (Wildman–Crippen LogP) is 14.4. The minimum absolute atomic E-state index is 0.0409. The zero-order valence-electron chi connectivity index (χ0n) is 39.5. The molecule has 52 heavy (non-hydrogen) atoms. The van der Waals surface area contributed by atoms with Gasteiger partial charge < -0.3 is 9.32 Å². The van der Waals surface area contributed by atoms with Crippen molar-refractivity contribution in [1.29, 1.82) is 0 Å². The van der Waals surface area contributed by atoms with Gasteiger partial charge in [-0.2, -0.15) is 0 Å². The van der Waals surface area contributed by atoms with Crippen molar-refractivity contribution in [3.63, 3.8) is 0 Å². The highest BCUT2D eigenvalue weighted by Gasteiger charge is 2.17. The number of hydrogen-bond donors (Lipinski definition) is 0. The van der Waals surface area contributed by atoms with Gasteiger partial charge in [-0.15, -0.1) is 0 Å². The number of anilines is 3. The SMILES string of the molecule is [2H]c1c([2H])c(-c2cccc3oc4ccccc4c23)c([2H])c(N(c2c([2H])c([2H])c(-c3ccc4ccccc4c3)c([2H])c2[2H])c2c([2H])c([2H])c(-c3cccc4ccccc34)c([2H])c2[2H])c1[2H]. The summed E-state index contributed by atoms with van der Waals surface area (Å²) in [6, 6.07) is 30.4. The molecule has 1 heterocycles. The Morgan fingerprint density at radius 1 is 0.404 bits per heavy atom. The second-order valence-corrected chi connectivity index (χ2v) is 12.4. The van der Waals surface area contributed by atoms with Crippen LogP contribution in [-0.4, -0.2) is 0 Å². The van der Waals surface area contributed by atoms with Crippen molar-refractivity contribution in [2.45, 2.75) is 0 Å². The van der Waals surface area contributed by atoms with Crippen LogP contribution in [0.1, 0.15) is 16.4 Å². The van der Waals surface area contributed by atoms with Crippen LogP contribution in [0.25, 0.3) is 76.9 Å². The lowest BCUT2D eigenvalue weighted by atomic mass is 9.97. The topological polar surface area (TPSA) is 16.4 Å². The summed E-state index contributed by atoms with van der Waals surface area (Å²) in [4.78, 5) is 0.887. The zero-order chi connectivity index (χ0) is 44.9. The van der Waals surface area contributed by atoms with Crippen molar-refractivity contribution in [3.8, 4) is 33.4 Å². The molecule has 10 rings (SSSR count). The summed E-state index contributed by atoms with van der Waals surface area (Å²) in [6.07, 6.45) is 0. The quantitative estimate of drug-likeness (QED) is 0.174. The molecule has 0 aliphatic rings. The lowest BCUT2D eigenvalue weighted by Gasteiger charge is -2.26. The first-order valence-electron chi connectivity index (χ1n) is 22.8. The van der Waals surface area contributed by atoms with E-state index in [9.17, 15) is 16.4 Å². The van der Waals surface area contributed by atoms with Crippen LogP contribution in [0.15, 0.2) is 204 Å². The third-order valence-corrected chi connectivity index (χ3v) is 9.28. The molecule has 0 aliphatic carbocycles. The molecule has 0 bridgehead atoms. The van der Waals surface area contributed by atoms with Crippen LogP contribution in [-0.2, 0) is 0 Å². The van der Waals surface area contributed by atoms with E-state index >= 15 is 0 Å². The van der Waals surface area contributed by atoms with Crippen LogP contribution >= 0.6 is 0 Å². The standard InChI is InChI=1S/C50H33NO/c1-2-12-38-32-39(23-22-34(38)10-1)35-24-28-41(29-25-35)51(42-30-26-37(27-31-42)45-18-8-13-36-11-3-4-16-44(36)45)43-15-7-14-40(33-43)46-19-9-21-49-50(46)47-17-5-6-20-48(47)52-49/h1-33H/i7D,14D,15D,24D,25D,26D,27D,28D,29D,30D,31D,33D. The van der Waals surface area contributed by atoms with Crippen LogP contribution in [0.4, 0.5) is 17.1 Å². The molecule has 0 saturated heterocycles. The van der Waals surface area contributed by atoms with Gasteiger partial charge in [0, 0.05) is 27.8 Å². The summed E-state index contributed by atoms with van der Waals surface area (Å²) in [6.45, 7) is 0. The van der Waals surface area contributed by atoms with Gasteiger partial charge in [0.1, 0.15) is 11.2 Å². The average Bonchev–Trinajstić information content (AvgIpc) is 3.69. The third-order valence-electron chi connectivity index (χ3n) is 9.28. The van der Waals surface area contributed by atoms with Crippen LogP contribution in [0, 0.1) is 0 Å². The summed E-state index contributed by atoms with van der Waals surface area (Å²) < 4.78 is 120. The number of para-hydroxylation sites is 1. The molecule has 0 atom stereocenters. The van der Waals surface area contributed by atoms with Gasteiger partial charge >= 0.3 is 0 Å². The Kier molecular flexibility index (Phi) is 4.81. The Morgan fingerprint density at radius 2 is 1.04 bits per heavy atom. The number of fused-ring (bicyclic) bond motifs is 5. The molecule has 0 saturated carbocycles. The van der Waals surface area contributed by atoms with Crippen LogP contribution < -0.4 is 4.90 Å². The first-order valence-corrected chi connectivity index (χ1v) is 16.8. The van der Waals surface area contributed by atoms with Crippen molar-refractivity contribution in [2.24, 2.45) is 0 Å². The maximum atomic E-state index is 9.92. The van der Waals surface area contributed by atoms with E-state index in [0.29, 0.717) is 44.0 Å². The molecule has 2 nitrogen and oxygen atoms in total. The van der Waals surface area contributed by atoms with Crippen molar-refractivity contribution in [2.75, 3.05) is 4.90 Å². The van der Waals surface area contributed by atoms with Crippen LogP contribution in [0.5, 0.6) is 0 Å². The van der Waals surface area contributed by atoms with Crippen LogP contribution in [0.3, 0.4) is 0 Å².